The number of aliphatic imine (C=N–C) groups is 1. The van der Waals surface area contributed by atoms with Crippen molar-refractivity contribution in [1.82, 2.24) is 9.80 Å². The fraction of sp³-hybridized carbons (Fsp3) is 0.867. The molecule has 1 unspecified atom stereocenters. The van der Waals surface area contributed by atoms with E-state index in [-0.39, 0.29) is 24.0 Å². The monoisotopic (exact) mass is 281 g/mol. The van der Waals surface area contributed by atoms with Gasteiger partial charge in [-0.15, -0.1) is 0 Å². The Morgan fingerprint density at radius 2 is 2.15 bits per heavy atom. The zero-order chi connectivity index (χ0) is 14.8. The number of carbonyl (C=O) groups is 1. The molecule has 1 amide bonds. The molecule has 0 bridgehead atoms. The van der Waals surface area contributed by atoms with Crippen LogP contribution in [-0.4, -0.2) is 65.5 Å². The Labute approximate surface area is 121 Å². The first-order chi connectivity index (χ1) is 9.45. The maximum Gasteiger partial charge on any atom is 0.222 e. The van der Waals surface area contributed by atoms with E-state index in [0.29, 0.717) is 13.0 Å². The van der Waals surface area contributed by atoms with Crippen molar-refractivity contribution in [3.8, 4) is 0 Å². The summed E-state index contributed by atoms with van der Waals surface area (Å²) in [6, 6.07) is 0.249. The van der Waals surface area contributed by atoms with E-state index in [4.69, 9.17) is 5.11 Å². The lowest BCUT2D eigenvalue weighted by Gasteiger charge is -2.36. The van der Waals surface area contributed by atoms with Crippen LogP contribution in [0, 0.1) is 5.41 Å². The van der Waals surface area contributed by atoms with Gasteiger partial charge in [0.05, 0.1) is 13.2 Å². The van der Waals surface area contributed by atoms with Crippen LogP contribution in [0.15, 0.2) is 4.99 Å². The van der Waals surface area contributed by atoms with E-state index in [1.807, 2.05) is 4.90 Å². The van der Waals surface area contributed by atoms with Gasteiger partial charge in [-0.3, -0.25) is 9.79 Å². The highest BCUT2D eigenvalue weighted by molar-refractivity contribution is 5.89. The molecule has 2 rings (SSSR count). The van der Waals surface area contributed by atoms with Gasteiger partial charge in [-0.05, 0) is 19.8 Å². The Morgan fingerprint density at radius 1 is 1.40 bits per heavy atom. The third-order valence-corrected chi connectivity index (χ3v) is 4.35. The van der Waals surface area contributed by atoms with Gasteiger partial charge in [-0.1, -0.05) is 13.8 Å². The molecule has 1 N–H and O–H groups in total. The Kier molecular flexibility index (Phi) is 4.68. The molecular formula is C15H27N3O2. The van der Waals surface area contributed by atoms with Gasteiger partial charge in [0.25, 0.3) is 0 Å². The van der Waals surface area contributed by atoms with Crippen LogP contribution in [0.1, 0.15) is 40.0 Å². The fourth-order valence-electron chi connectivity index (χ4n) is 3.54. The van der Waals surface area contributed by atoms with Crippen molar-refractivity contribution in [1.29, 1.82) is 0 Å². The van der Waals surface area contributed by atoms with Gasteiger partial charge in [-0.25, -0.2) is 0 Å². The molecule has 5 nitrogen and oxygen atoms in total. The van der Waals surface area contributed by atoms with Crippen molar-refractivity contribution in [3.05, 3.63) is 0 Å². The SMILES string of the molecule is CC(CC(C)(C)C1=NCCN1CCO)N1CCCC1=O. The standard InChI is InChI=1S/C15H27N3O2/c1-12(18-7-4-5-13(18)20)11-15(2,3)14-16-6-8-17(14)9-10-19/h12,19H,4-11H2,1-3H3. The number of aliphatic hydroxyl groups excluding tert-OH is 1. The molecular weight excluding hydrogens is 254 g/mol. The van der Waals surface area contributed by atoms with Gasteiger partial charge in [0.2, 0.25) is 5.91 Å². The molecule has 0 aromatic carbocycles. The fourth-order valence-corrected chi connectivity index (χ4v) is 3.54. The average Bonchev–Trinajstić information content (AvgIpc) is 2.98. The Morgan fingerprint density at radius 3 is 2.75 bits per heavy atom. The summed E-state index contributed by atoms with van der Waals surface area (Å²) in [7, 11) is 0. The van der Waals surface area contributed by atoms with Crippen molar-refractivity contribution < 1.29 is 9.90 Å². The Bertz CT molecular complexity index is 393. The smallest absolute Gasteiger partial charge is 0.222 e. The molecule has 1 saturated heterocycles. The second kappa shape index (κ2) is 6.12. The highest BCUT2D eigenvalue weighted by atomic mass is 16.3. The summed E-state index contributed by atoms with van der Waals surface area (Å²) < 4.78 is 0. The second-order valence-electron chi connectivity index (χ2n) is 6.54. The first-order valence-corrected chi connectivity index (χ1v) is 7.66. The topological polar surface area (TPSA) is 56.1 Å². The van der Waals surface area contributed by atoms with Gasteiger partial charge >= 0.3 is 0 Å². The summed E-state index contributed by atoms with van der Waals surface area (Å²) in [5, 5.41) is 9.15. The van der Waals surface area contributed by atoms with E-state index in [0.717, 1.165) is 38.3 Å². The molecule has 2 heterocycles. The van der Waals surface area contributed by atoms with E-state index in [9.17, 15) is 4.79 Å². The quantitative estimate of drug-likeness (QED) is 0.794. The number of hydrogen-bond acceptors (Lipinski definition) is 4. The molecule has 5 heteroatoms. The van der Waals surface area contributed by atoms with Gasteiger partial charge in [0, 0.05) is 37.5 Å². The number of amides is 1. The molecule has 2 aliphatic rings. The number of amidine groups is 1. The van der Waals surface area contributed by atoms with Crippen molar-refractivity contribution in [2.24, 2.45) is 10.4 Å². The van der Waals surface area contributed by atoms with Crippen molar-refractivity contribution in [3.63, 3.8) is 0 Å². The van der Waals surface area contributed by atoms with Crippen molar-refractivity contribution in [2.75, 3.05) is 32.8 Å². The summed E-state index contributed by atoms with van der Waals surface area (Å²) in [5.74, 6) is 1.37. The molecule has 0 aliphatic carbocycles. The molecule has 1 fully saturated rings. The van der Waals surface area contributed by atoms with Gasteiger partial charge < -0.3 is 14.9 Å². The van der Waals surface area contributed by atoms with E-state index >= 15 is 0 Å². The third-order valence-electron chi connectivity index (χ3n) is 4.35. The van der Waals surface area contributed by atoms with Crippen LogP contribution >= 0.6 is 0 Å². The van der Waals surface area contributed by atoms with Crippen LogP contribution in [0.25, 0.3) is 0 Å². The maximum absolute atomic E-state index is 11.8. The van der Waals surface area contributed by atoms with Crippen LogP contribution < -0.4 is 0 Å². The number of hydrogen-bond donors (Lipinski definition) is 1. The summed E-state index contributed by atoms with van der Waals surface area (Å²) in [6.45, 7) is 9.94. The van der Waals surface area contributed by atoms with E-state index in [1.165, 1.54) is 0 Å². The van der Waals surface area contributed by atoms with E-state index < -0.39 is 0 Å². The van der Waals surface area contributed by atoms with Crippen molar-refractivity contribution in [2.45, 2.75) is 46.1 Å². The number of aliphatic hydroxyl groups is 1. The summed E-state index contributed by atoms with van der Waals surface area (Å²) >= 11 is 0. The van der Waals surface area contributed by atoms with Crippen molar-refractivity contribution >= 4 is 11.7 Å². The minimum absolute atomic E-state index is 0.0616. The van der Waals surface area contributed by atoms with Crippen LogP contribution in [0.3, 0.4) is 0 Å². The number of rotatable bonds is 6. The molecule has 0 aromatic rings. The van der Waals surface area contributed by atoms with Gasteiger partial charge in [0.15, 0.2) is 0 Å². The Balaban J connectivity index is 2.01. The Hall–Kier alpha value is -1.10. The molecule has 2 aliphatic heterocycles. The first kappa shape index (κ1) is 15.3. The predicted molar refractivity (Wildman–Crippen MR) is 79.8 cm³/mol. The van der Waals surface area contributed by atoms with Crippen LogP contribution in [-0.2, 0) is 4.79 Å². The highest BCUT2D eigenvalue weighted by Gasteiger charge is 2.36. The summed E-state index contributed by atoms with van der Waals surface area (Å²) in [4.78, 5) is 20.7. The highest BCUT2D eigenvalue weighted by Crippen LogP contribution is 2.31. The number of carbonyl (C=O) groups excluding carboxylic acids is 1. The number of β-amino-alcohol motifs (C(OH)–C–C–N with tert-alkyl or cyclic N) is 1. The predicted octanol–water partition coefficient (Wildman–Crippen LogP) is 1.12. The normalized spacial score (nSPS) is 21.6. The maximum atomic E-state index is 11.8. The van der Waals surface area contributed by atoms with Crippen LogP contribution in [0.5, 0.6) is 0 Å². The lowest BCUT2D eigenvalue weighted by Crippen LogP contribution is -2.44. The van der Waals surface area contributed by atoms with E-state index in [2.05, 4.69) is 30.7 Å². The average molecular weight is 281 g/mol. The zero-order valence-electron chi connectivity index (χ0n) is 12.9. The molecule has 1 atom stereocenters. The van der Waals surface area contributed by atoms with Crippen LogP contribution in [0.4, 0.5) is 0 Å². The van der Waals surface area contributed by atoms with Gasteiger partial charge in [0.1, 0.15) is 5.84 Å². The molecule has 114 valence electrons. The molecule has 0 radical (unpaired) electrons. The molecule has 20 heavy (non-hydrogen) atoms. The largest absolute Gasteiger partial charge is 0.395 e. The summed E-state index contributed by atoms with van der Waals surface area (Å²) in [5.41, 5.74) is -0.0616. The third kappa shape index (κ3) is 3.14. The minimum atomic E-state index is -0.0616. The molecule has 0 saturated carbocycles. The summed E-state index contributed by atoms with van der Waals surface area (Å²) in [6.07, 6.45) is 2.60. The minimum Gasteiger partial charge on any atom is -0.395 e. The number of likely N-dealkylation sites (tertiary alicyclic amines) is 1. The van der Waals surface area contributed by atoms with Crippen LogP contribution in [0.2, 0.25) is 0 Å². The number of nitrogens with zero attached hydrogens (tertiary/aromatic N) is 3. The first-order valence-electron chi connectivity index (χ1n) is 7.66. The van der Waals surface area contributed by atoms with E-state index in [1.54, 1.807) is 0 Å². The molecule has 0 aromatic heterocycles. The lowest BCUT2D eigenvalue weighted by molar-refractivity contribution is -0.129. The van der Waals surface area contributed by atoms with Gasteiger partial charge in [-0.2, -0.15) is 0 Å². The second-order valence-corrected chi connectivity index (χ2v) is 6.54. The molecule has 0 spiro atoms. The zero-order valence-corrected chi connectivity index (χ0v) is 12.9. The lowest BCUT2D eigenvalue weighted by atomic mass is 9.83.